The first-order valence-electron chi connectivity index (χ1n) is 7.01. The molecule has 0 fully saturated rings. The van der Waals surface area contributed by atoms with Crippen molar-refractivity contribution in [2.75, 3.05) is 12.9 Å². The van der Waals surface area contributed by atoms with E-state index in [1.807, 2.05) is 24.3 Å². The summed E-state index contributed by atoms with van der Waals surface area (Å²) in [4.78, 5) is 15.8. The molecule has 5 nitrogen and oxygen atoms in total. The number of hydrogen-bond acceptors (Lipinski definition) is 5. The van der Waals surface area contributed by atoms with Gasteiger partial charge in [0.25, 0.3) is 0 Å². The molecule has 0 radical (unpaired) electrons. The lowest BCUT2D eigenvalue weighted by Crippen LogP contribution is -2.13. The first-order chi connectivity index (χ1) is 11.2. The number of carboxylic acids is 1. The third-order valence-electron chi connectivity index (χ3n) is 3.44. The topological polar surface area (TPSA) is 72.0 Å². The number of nitrogens with zero attached hydrogens (tertiary/aromatic N) is 1. The van der Waals surface area contributed by atoms with Crippen molar-refractivity contribution in [3.05, 3.63) is 59.7 Å². The van der Waals surface area contributed by atoms with Gasteiger partial charge in [0.2, 0.25) is 0 Å². The lowest BCUT2D eigenvalue weighted by Gasteiger charge is -2.15. The van der Waals surface area contributed by atoms with Gasteiger partial charge in [0.1, 0.15) is 11.5 Å². The Kier molecular flexibility index (Phi) is 4.52. The lowest BCUT2D eigenvalue weighted by atomic mass is 10.1. The lowest BCUT2D eigenvalue weighted by molar-refractivity contribution is -0.132. The summed E-state index contributed by atoms with van der Waals surface area (Å²) in [7, 11) is 1.62. The summed E-state index contributed by atoms with van der Waals surface area (Å²) in [6.45, 7) is 0. The highest BCUT2D eigenvalue weighted by Gasteiger charge is 2.23. The average Bonchev–Trinajstić information content (AvgIpc) is 3.10. The van der Waals surface area contributed by atoms with E-state index >= 15 is 0 Å². The molecule has 0 bridgehead atoms. The second kappa shape index (κ2) is 6.75. The van der Waals surface area contributed by atoms with Gasteiger partial charge in [-0.3, -0.25) is 0 Å². The van der Waals surface area contributed by atoms with Crippen LogP contribution in [0.4, 0.5) is 0 Å². The Morgan fingerprint density at radius 1 is 1.35 bits per heavy atom. The van der Waals surface area contributed by atoms with Gasteiger partial charge in [-0.25, -0.2) is 9.79 Å². The Hall–Kier alpha value is -2.47. The number of methoxy groups -OCH3 is 1. The molecule has 1 aliphatic rings. The molecular formula is C17H15NO4S. The summed E-state index contributed by atoms with van der Waals surface area (Å²) in [6.07, 6.45) is 2.12. The van der Waals surface area contributed by atoms with Gasteiger partial charge in [-0.1, -0.05) is 12.1 Å². The molecule has 0 aliphatic carbocycles. The van der Waals surface area contributed by atoms with Crippen molar-refractivity contribution in [3.8, 4) is 5.75 Å². The van der Waals surface area contributed by atoms with Gasteiger partial charge in [-0.05, 0) is 29.8 Å². The van der Waals surface area contributed by atoms with Crippen LogP contribution in [0.3, 0.4) is 0 Å². The van der Waals surface area contributed by atoms with Crippen molar-refractivity contribution >= 4 is 28.3 Å². The molecule has 0 saturated heterocycles. The van der Waals surface area contributed by atoms with Crippen molar-refractivity contribution in [2.24, 2.45) is 4.99 Å². The van der Waals surface area contributed by atoms with Crippen LogP contribution in [0.5, 0.6) is 5.75 Å². The Balaban J connectivity index is 1.86. The van der Waals surface area contributed by atoms with Crippen LogP contribution in [-0.2, 0) is 11.2 Å². The van der Waals surface area contributed by atoms with E-state index in [9.17, 15) is 9.90 Å². The zero-order valence-corrected chi connectivity index (χ0v) is 13.3. The number of carbonyl (C=O) groups is 1. The first kappa shape index (κ1) is 15.4. The van der Waals surface area contributed by atoms with Crippen molar-refractivity contribution in [3.63, 3.8) is 0 Å². The van der Waals surface area contributed by atoms with Crippen molar-refractivity contribution in [1.82, 2.24) is 0 Å². The number of aliphatic imine (C=N–C) groups is 1. The smallest absolute Gasteiger partial charge is 0.354 e. The van der Waals surface area contributed by atoms with E-state index in [0.29, 0.717) is 23.5 Å². The SMILES string of the molecule is COc1ccc(CC2=NC(C(=O)O)=C(c3ccco3)CS2)cc1. The van der Waals surface area contributed by atoms with Crippen LogP contribution in [0.1, 0.15) is 11.3 Å². The van der Waals surface area contributed by atoms with Crippen LogP contribution in [0.2, 0.25) is 0 Å². The van der Waals surface area contributed by atoms with E-state index in [4.69, 9.17) is 9.15 Å². The number of benzene rings is 1. The molecule has 2 aromatic rings. The van der Waals surface area contributed by atoms with Gasteiger partial charge in [0, 0.05) is 17.7 Å². The molecule has 3 rings (SSSR count). The molecule has 0 saturated carbocycles. The quantitative estimate of drug-likeness (QED) is 0.909. The zero-order chi connectivity index (χ0) is 16.2. The molecule has 1 aromatic heterocycles. The molecule has 1 aliphatic heterocycles. The van der Waals surface area contributed by atoms with Crippen LogP contribution < -0.4 is 4.74 Å². The molecular weight excluding hydrogens is 314 g/mol. The predicted octanol–water partition coefficient (Wildman–Crippen LogP) is 3.47. The summed E-state index contributed by atoms with van der Waals surface area (Å²) < 4.78 is 10.4. The number of furan rings is 1. The maximum atomic E-state index is 11.5. The van der Waals surface area contributed by atoms with E-state index in [-0.39, 0.29) is 5.70 Å². The van der Waals surface area contributed by atoms with Gasteiger partial charge < -0.3 is 14.3 Å². The minimum absolute atomic E-state index is 0.0576. The molecule has 1 aromatic carbocycles. The van der Waals surface area contributed by atoms with Gasteiger partial charge in [-0.15, -0.1) is 11.8 Å². The Labute approximate surface area is 137 Å². The fourth-order valence-electron chi connectivity index (χ4n) is 2.27. The van der Waals surface area contributed by atoms with E-state index < -0.39 is 5.97 Å². The number of hydrogen-bond donors (Lipinski definition) is 1. The third-order valence-corrected chi connectivity index (χ3v) is 4.44. The van der Waals surface area contributed by atoms with Crippen molar-refractivity contribution < 1.29 is 19.1 Å². The minimum Gasteiger partial charge on any atom is -0.497 e. The molecule has 6 heteroatoms. The highest BCUT2D eigenvalue weighted by molar-refractivity contribution is 8.14. The summed E-state index contributed by atoms with van der Waals surface area (Å²) >= 11 is 1.53. The fourth-order valence-corrected chi connectivity index (χ4v) is 3.29. The van der Waals surface area contributed by atoms with Crippen LogP contribution in [-0.4, -0.2) is 29.0 Å². The molecule has 23 heavy (non-hydrogen) atoms. The monoisotopic (exact) mass is 329 g/mol. The van der Waals surface area contributed by atoms with Crippen molar-refractivity contribution in [1.29, 1.82) is 0 Å². The van der Waals surface area contributed by atoms with Crippen LogP contribution in [0.15, 0.2) is 57.8 Å². The minimum atomic E-state index is -1.04. The molecule has 118 valence electrons. The molecule has 0 unspecified atom stereocenters. The normalized spacial score (nSPS) is 14.6. The van der Waals surface area contributed by atoms with E-state index in [2.05, 4.69) is 4.99 Å². The van der Waals surface area contributed by atoms with E-state index in [1.54, 1.807) is 19.2 Å². The highest BCUT2D eigenvalue weighted by atomic mass is 32.2. The van der Waals surface area contributed by atoms with Gasteiger partial charge in [-0.2, -0.15) is 0 Å². The number of carboxylic acid groups (broad SMARTS) is 1. The Morgan fingerprint density at radius 2 is 2.13 bits per heavy atom. The van der Waals surface area contributed by atoms with Crippen molar-refractivity contribution in [2.45, 2.75) is 6.42 Å². The van der Waals surface area contributed by atoms with Gasteiger partial charge in [0.05, 0.1) is 18.4 Å². The molecule has 0 spiro atoms. The molecule has 1 N–H and O–H groups in total. The zero-order valence-electron chi connectivity index (χ0n) is 12.5. The molecule has 0 amide bonds. The van der Waals surface area contributed by atoms with E-state index in [1.165, 1.54) is 18.0 Å². The summed E-state index contributed by atoms with van der Waals surface area (Å²) in [5, 5.41) is 10.2. The first-order valence-corrected chi connectivity index (χ1v) is 7.99. The molecule has 2 heterocycles. The number of ether oxygens (including phenoxy) is 1. The predicted molar refractivity (Wildman–Crippen MR) is 89.9 cm³/mol. The summed E-state index contributed by atoms with van der Waals surface area (Å²) in [5.74, 6) is 0.841. The molecule has 0 atom stereocenters. The summed E-state index contributed by atoms with van der Waals surface area (Å²) in [6, 6.07) is 11.2. The number of thioether (sulfide) groups is 1. The maximum Gasteiger partial charge on any atom is 0.354 e. The standard InChI is InChI=1S/C17H15NO4S/c1-21-12-6-4-11(5-7-12)9-15-18-16(17(19)20)13(10-23-15)14-3-2-8-22-14/h2-8H,9-10H2,1H3,(H,19,20). The Bertz CT molecular complexity index is 760. The second-order valence-electron chi connectivity index (χ2n) is 4.93. The maximum absolute atomic E-state index is 11.5. The Morgan fingerprint density at radius 3 is 2.74 bits per heavy atom. The highest BCUT2D eigenvalue weighted by Crippen LogP contribution is 2.31. The van der Waals surface area contributed by atoms with Gasteiger partial charge >= 0.3 is 5.97 Å². The summed E-state index contributed by atoms with van der Waals surface area (Å²) in [5.41, 5.74) is 1.73. The number of aliphatic carboxylic acids is 1. The van der Waals surface area contributed by atoms with Crippen LogP contribution >= 0.6 is 11.8 Å². The van der Waals surface area contributed by atoms with Gasteiger partial charge in [0.15, 0.2) is 5.70 Å². The van der Waals surface area contributed by atoms with Crippen LogP contribution in [0.25, 0.3) is 5.57 Å². The van der Waals surface area contributed by atoms with E-state index in [0.717, 1.165) is 16.4 Å². The third kappa shape index (κ3) is 3.48. The average molecular weight is 329 g/mol. The second-order valence-corrected chi connectivity index (χ2v) is 5.98. The fraction of sp³-hybridized carbons (Fsp3) is 0.176. The van der Waals surface area contributed by atoms with Crippen LogP contribution in [0, 0.1) is 0 Å². The largest absolute Gasteiger partial charge is 0.497 e. The number of rotatable bonds is 5.